The van der Waals surface area contributed by atoms with Crippen LogP contribution in [-0.2, 0) is 11.2 Å². The van der Waals surface area contributed by atoms with Crippen LogP contribution in [0.1, 0.15) is 44.0 Å². The predicted octanol–water partition coefficient (Wildman–Crippen LogP) is 1.39. The van der Waals surface area contributed by atoms with E-state index in [1.165, 1.54) is 12.8 Å². The average Bonchev–Trinajstić information content (AvgIpc) is 3.03. The Bertz CT molecular complexity index is 431. The van der Waals surface area contributed by atoms with Gasteiger partial charge in [0.1, 0.15) is 6.10 Å². The third kappa shape index (κ3) is 4.02. The summed E-state index contributed by atoms with van der Waals surface area (Å²) in [6.07, 6.45) is 4.56. The summed E-state index contributed by atoms with van der Waals surface area (Å²) in [6, 6.07) is 0. The zero-order valence-corrected chi connectivity index (χ0v) is 12.9. The molecule has 0 saturated carbocycles. The van der Waals surface area contributed by atoms with Crippen molar-refractivity contribution in [1.82, 2.24) is 20.4 Å². The number of likely N-dealkylation sites (N-methyl/N-ethyl adjacent to an activating group) is 1. The number of aromatic nitrogens is 2. The second-order valence-electron chi connectivity index (χ2n) is 6.05. The Kier molecular flexibility index (Phi) is 5.22. The van der Waals surface area contributed by atoms with E-state index in [1.54, 1.807) is 0 Å². The SMILES string of the molecule is CCN1CCOC(c2noc(CCC3CCCNC3)n2)C1. The molecule has 1 aromatic rings. The summed E-state index contributed by atoms with van der Waals surface area (Å²) in [7, 11) is 0. The van der Waals surface area contributed by atoms with E-state index in [9.17, 15) is 0 Å². The van der Waals surface area contributed by atoms with Gasteiger partial charge in [-0.25, -0.2) is 0 Å². The Labute approximate surface area is 126 Å². The normalized spacial score (nSPS) is 27.9. The van der Waals surface area contributed by atoms with Crippen molar-refractivity contribution in [3.05, 3.63) is 11.7 Å². The molecule has 2 aliphatic rings. The first kappa shape index (κ1) is 14.9. The highest BCUT2D eigenvalue weighted by Crippen LogP contribution is 2.21. The summed E-state index contributed by atoms with van der Waals surface area (Å²) in [5.41, 5.74) is 0. The summed E-state index contributed by atoms with van der Waals surface area (Å²) in [5, 5.41) is 7.57. The Hall–Kier alpha value is -0.980. The molecule has 2 aliphatic heterocycles. The van der Waals surface area contributed by atoms with Crippen LogP contribution in [0.4, 0.5) is 0 Å². The third-order valence-corrected chi connectivity index (χ3v) is 4.53. The summed E-state index contributed by atoms with van der Waals surface area (Å²) in [6.45, 7) is 8.10. The van der Waals surface area contributed by atoms with Crippen LogP contribution < -0.4 is 5.32 Å². The quantitative estimate of drug-likeness (QED) is 0.885. The molecule has 3 rings (SSSR count). The van der Waals surface area contributed by atoms with Crippen LogP contribution in [-0.4, -0.2) is 54.4 Å². The van der Waals surface area contributed by atoms with Crippen LogP contribution in [0.2, 0.25) is 0 Å². The van der Waals surface area contributed by atoms with Crippen LogP contribution in [0, 0.1) is 5.92 Å². The molecule has 0 radical (unpaired) electrons. The first-order chi connectivity index (χ1) is 10.3. The summed E-state index contributed by atoms with van der Waals surface area (Å²) in [4.78, 5) is 6.90. The van der Waals surface area contributed by atoms with Gasteiger partial charge in [0.25, 0.3) is 0 Å². The Morgan fingerprint density at radius 1 is 1.43 bits per heavy atom. The van der Waals surface area contributed by atoms with E-state index in [1.807, 2.05) is 0 Å². The van der Waals surface area contributed by atoms with E-state index in [4.69, 9.17) is 9.26 Å². The molecule has 21 heavy (non-hydrogen) atoms. The minimum Gasteiger partial charge on any atom is -0.367 e. The molecule has 3 heterocycles. The zero-order chi connectivity index (χ0) is 14.5. The highest BCUT2D eigenvalue weighted by molar-refractivity contribution is 4.94. The molecular weight excluding hydrogens is 268 g/mol. The molecule has 2 fully saturated rings. The number of nitrogens with one attached hydrogen (secondary N) is 1. The molecule has 6 nitrogen and oxygen atoms in total. The number of aryl methyl sites for hydroxylation is 1. The van der Waals surface area contributed by atoms with Crippen molar-refractivity contribution in [1.29, 1.82) is 0 Å². The fraction of sp³-hybridized carbons (Fsp3) is 0.867. The van der Waals surface area contributed by atoms with Crippen LogP contribution in [0.3, 0.4) is 0 Å². The second kappa shape index (κ2) is 7.33. The van der Waals surface area contributed by atoms with Gasteiger partial charge in [-0.2, -0.15) is 4.98 Å². The van der Waals surface area contributed by atoms with Gasteiger partial charge in [-0.1, -0.05) is 12.1 Å². The molecule has 1 aromatic heterocycles. The van der Waals surface area contributed by atoms with Gasteiger partial charge in [0.05, 0.1) is 6.61 Å². The summed E-state index contributed by atoms with van der Waals surface area (Å²) in [5.74, 6) is 2.22. The lowest BCUT2D eigenvalue weighted by atomic mass is 9.95. The van der Waals surface area contributed by atoms with Gasteiger partial charge in [0, 0.05) is 19.5 Å². The molecule has 1 N–H and O–H groups in total. The molecule has 0 bridgehead atoms. The minimum atomic E-state index is -0.0347. The topological polar surface area (TPSA) is 63.4 Å². The van der Waals surface area contributed by atoms with Crippen molar-refractivity contribution < 1.29 is 9.26 Å². The van der Waals surface area contributed by atoms with E-state index < -0.39 is 0 Å². The van der Waals surface area contributed by atoms with Crippen molar-refractivity contribution >= 4 is 0 Å². The highest BCUT2D eigenvalue weighted by Gasteiger charge is 2.25. The number of rotatable bonds is 5. The monoisotopic (exact) mass is 294 g/mol. The van der Waals surface area contributed by atoms with Gasteiger partial charge >= 0.3 is 0 Å². The summed E-state index contributed by atoms with van der Waals surface area (Å²) < 4.78 is 11.2. The lowest BCUT2D eigenvalue weighted by molar-refractivity contribution is -0.0334. The molecule has 2 unspecified atom stereocenters. The molecule has 2 atom stereocenters. The summed E-state index contributed by atoms with van der Waals surface area (Å²) >= 11 is 0. The Balaban J connectivity index is 1.50. The highest BCUT2D eigenvalue weighted by atomic mass is 16.5. The van der Waals surface area contributed by atoms with Crippen molar-refractivity contribution in [2.45, 2.75) is 38.7 Å². The lowest BCUT2D eigenvalue weighted by Crippen LogP contribution is -2.38. The predicted molar refractivity (Wildman–Crippen MR) is 79.0 cm³/mol. The third-order valence-electron chi connectivity index (χ3n) is 4.53. The van der Waals surface area contributed by atoms with Gasteiger partial charge in [-0.05, 0) is 44.8 Å². The Morgan fingerprint density at radius 3 is 3.19 bits per heavy atom. The van der Waals surface area contributed by atoms with Gasteiger partial charge < -0.3 is 14.6 Å². The first-order valence-electron chi connectivity index (χ1n) is 8.22. The van der Waals surface area contributed by atoms with Gasteiger partial charge in [0.15, 0.2) is 0 Å². The van der Waals surface area contributed by atoms with Crippen LogP contribution >= 0.6 is 0 Å². The van der Waals surface area contributed by atoms with Gasteiger partial charge in [-0.15, -0.1) is 0 Å². The van der Waals surface area contributed by atoms with Crippen LogP contribution in [0.25, 0.3) is 0 Å². The molecular formula is C15H26N4O2. The van der Waals surface area contributed by atoms with E-state index in [0.717, 1.165) is 64.0 Å². The minimum absolute atomic E-state index is 0.0347. The molecule has 118 valence electrons. The van der Waals surface area contributed by atoms with Crippen LogP contribution in [0.5, 0.6) is 0 Å². The van der Waals surface area contributed by atoms with Crippen molar-refractivity contribution in [2.24, 2.45) is 5.92 Å². The molecule has 6 heteroatoms. The maximum atomic E-state index is 5.77. The Morgan fingerprint density at radius 2 is 2.38 bits per heavy atom. The molecule has 0 spiro atoms. The van der Waals surface area contributed by atoms with Crippen molar-refractivity contribution in [2.75, 3.05) is 39.3 Å². The number of hydrogen-bond donors (Lipinski definition) is 1. The van der Waals surface area contributed by atoms with Gasteiger partial charge in [-0.3, -0.25) is 4.90 Å². The first-order valence-corrected chi connectivity index (χ1v) is 8.22. The van der Waals surface area contributed by atoms with Crippen molar-refractivity contribution in [3.8, 4) is 0 Å². The van der Waals surface area contributed by atoms with Gasteiger partial charge in [0.2, 0.25) is 11.7 Å². The number of hydrogen-bond acceptors (Lipinski definition) is 6. The second-order valence-corrected chi connectivity index (χ2v) is 6.05. The van der Waals surface area contributed by atoms with E-state index in [-0.39, 0.29) is 6.10 Å². The van der Waals surface area contributed by atoms with E-state index >= 15 is 0 Å². The molecule has 0 aliphatic carbocycles. The fourth-order valence-electron chi connectivity index (χ4n) is 3.14. The number of piperidine rings is 1. The number of morpholine rings is 1. The maximum Gasteiger partial charge on any atom is 0.226 e. The average molecular weight is 294 g/mol. The molecule has 0 aromatic carbocycles. The smallest absolute Gasteiger partial charge is 0.226 e. The van der Waals surface area contributed by atoms with E-state index in [2.05, 4.69) is 27.3 Å². The molecule has 0 amide bonds. The number of ether oxygens (including phenoxy) is 1. The standard InChI is InChI=1S/C15H26N4O2/c1-2-19-8-9-20-13(11-19)15-17-14(21-18-15)6-5-12-4-3-7-16-10-12/h12-13,16H,2-11H2,1H3. The van der Waals surface area contributed by atoms with E-state index in [0.29, 0.717) is 5.82 Å². The van der Waals surface area contributed by atoms with Crippen LogP contribution in [0.15, 0.2) is 4.52 Å². The number of nitrogens with zero attached hydrogens (tertiary/aromatic N) is 3. The molecule has 2 saturated heterocycles. The van der Waals surface area contributed by atoms with Crippen molar-refractivity contribution in [3.63, 3.8) is 0 Å². The lowest BCUT2D eigenvalue weighted by Gasteiger charge is -2.30. The zero-order valence-electron chi connectivity index (χ0n) is 12.9. The maximum absolute atomic E-state index is 5.77. The fourth-order valence-corrected chi connectivity index (χ4v) is 3.14. The largest absolute Gasteiger partial charge is 0.367 e.